The number of aliphatic hydroxyl groups excluding tert-OH is 1. The van der Waals surface area contributed by atoms with Crippen LogP contribution >= 0.6 is 11.6 Å². The summed E-state index contributed by atoms with van der Waals surface area (Å²) in [5.41, 5.74) is 0.369. The smallest absolute Gasteiger partial charge is 0.137 e. The highest BCUT2D eigenvalue weighted by molar-refractivity contribution is 6.30. The molecule has 0 saturated carbocycles. The third-order valence-corrected chi connectivity index (χ3v) is 2.84. The van der Waals surface area contributed by atoms with Gasteiger partial charge in [0.05, 0.1) is 12.1 Å². The van der Waals surface area contributed by atoms with Crippen LogP contribution in [0.1, 0.15) is 45.0 Å². The van der Waals surface area contributed by atoms with Crippen LogP contribution in [0.25, 0.3) is 0 Å². The molecule has 0 saturated heterocycles. The molecule has 0 aliphatic rings. The first-order valence-corrected chi connectivity index (χ1v) is 6.07. The molecule has 1 heterocycles. The van der Waals surface area contributed by atoms with Gasteiger partial charge in [-0.25, -0.2) is 9.97 Å². The average Bonchev–Trinajstić information content (AvgIpc) is 2.24. The van der Waals surface area contributed by atoms with Gasteiger partial charge in [-0.3, -0.25) is 0 Å². The summed E-state index contributed by atoms with van der Waals surface area (Å²) < 4.78 is 0. The zero-order valence-corrected chi connectivity index (χ0v) is 11.8. The maximum atomic E-state index is 9.26. The molecule has 1 aromatic rings. The number of hydrogen-bond donors (Lipinski definition) is 2. The Morgan fingerprint density at radius 2 is 1.94 bits per heavy atom. The van der Waals surface area contributed by atoms with E-state index in [1.807, 2.05) is 34.6 Å². The van der Waals surface area contributed by atoms with Gasteiger partial charge in [0.2, 0.25) is 0 Å². The first-order chi connectivity index (χ1) is 7.76. The van der Waals surface area contributed by atoms with Crippen molar-refractivity contribution in [1.29, 1.82) is 0 Å². The van der Waals surface area contributed by atoms with Gasteiger partial charge in [0, 0.05) is 11.5 Å². The van der Waals surface area contributed by atoms with Crippen molar-refractivity contribution in [1.82, 2.24) is 9.97 Å². The molecule has 0 aliphatic carbocycles. The number of halogens is 1. The second-order valence-corrected chi connectivity index (χ2v) is 5.53. The molecule has 1 rings (SSSR count). The zero-order valence-electron chi connectivity index (χ0n) is 11.0. The van der Waals surface area contributed by atoms with Crippen LogP contribution in [0, 0.1) is 6.92 Å². The first kappa shape index (κ1) is 14.2. The monoisotopic (exact) mass is 257 g/mol. The van der Waals surface area contributed by atoms with E-state index in [4.69, 9.17) is 11.6 Å². The fraction of sp³-hybridized carbons (Fsp3) is 0.667. The number of anilines is 1. The molecule has 0 unspecified atom stereocenters. The number of aromatic nitrogens is 2. The molecule has 2 N–H and O–H groups in total. The summed E-state index contributed by atoms with van der Waals surface area (Å²) in [6.07, 6.45) is 0. The third kappa shape index (κ3) is 3.54. The summed E-state index contributed by atoms with van der Waals surface area (Å²) in [5.74, 6) is 1.61. The molecule has 17 heavy (non-hydrogen) atoms. The van der Waals surface area contributed by atoms with Crippen LogP contribution in [-0.4, -0.2) is 27.2 Å². The molecule has 0 atom stereocenters. The number of aliphatic hydroxyl groups is 1. The Morgan fingerprint density at radius 1 is 1.35 bits per heavy atom. The van der Waals surface area contributed by atoms with E-state index in [0.29, 0.717) is 16.8 Å². The van der Waals surface area contributed by atoms with Crippen LogP contribution in [0.15, 0.2) is 0 Å². The summed E-state index contributed by atoms with van der Waals surface area (Å²) in [5, 5.41) is 12.9. The summed E-state index contributed by atoms with van der Waals surface area (Å²) in [4.78, 5) is 8.69. The highest BCUT2D eigenvalue weighted by Gasteiger charge is 2.20. The summed E-state index contributed by atoms with van der Waals surface area (Å²) in [6.45, 7) is 9.71. The predicted octanol–water partition coefficient (Wildman–Crippen LogP) is 2.74. The standard InChI is InChI=1S/C12H20ClN3O/c1-7(2)10-14-9(13)8(3)11(15-10)16-12(4,5)6-17/h7,17H,6H2,1-5H3,(H,14,15,16). The second kappa shape index (κ2) is 5.19. The molecule has 0 aliphatic heterocycles. The van der Waals surface area contributed by atoms with E-state index in [-0.39, 0.29) is 12.5 Å². The van der Waals surface area contributed by atoms with Crippen molar-refractivity contribution >= 4 is 17.4 Å². The maximum Gasteiger partial charge on any atom is 0.137 e. The third-order valence-electron chi connectivity index (χ3n) is 2.47. The number of nitrogens with zero attached hydrogens (tertiary/aromatic N) is 2. The Kier molecular flexibility index (Phi) is 4.33. The Hall–Kier alpha value is -0.870. The molecule has 1 aromatic heterocycles. The predicted molar refractivity (Wildman–Crippen MR) is 70.7 cm³/mol. The van der Waals surface area contributed by atoms with Crippen molar-refractivity contribution in [3.8, 4) is 0 Å². The minimum atomic E-state index is -0.434. The highest BCUT2D eigenvalue weighted by atomic mass is 35.5. The van der Waals surface area contributed by atoms with Gasteiger partial charge in [-0.2, -0.15) is 0 Å². The van der Waals surface area contributed by atoms with Crippen molar-refractivity contribution in [2.75, 3.05) is 11.9 Å². The fourth-order valence-electron chi connectivity index (χ4n) is 1.25. The van der Waals surface area contributed by atoms with E-state index in [1.54, 1.807) is 0 Å². The normalized spacial score (nSPS) is 12.0. The van der Waals surface area contributed by atoms with E-state index in [0.717, 1.165) is 5.56 Å². The lowest BCUT2D eigenvalue weighted by Crippen LogP contribution is -2.35. The molecule has 0 fully saturated rings. The van der Waals surface area contributed by atoms with E-state index < -0.39 is 5.54 Å². The highest BCUT2D eigenvalue weighted by Crippen LogP contribution is 2.25. The van der Waals surface area contributed by atoms with Crippen molar-refractivity contribution in [3.63, 3.8) is 0 Å². The molecule has 0 aromatic carbocycles. The second-order valence-electron chi connectivity index (χ2n) is 5.17. The average molecular weight is 258 g/mol. The lowest BCUT2D eigenvalue weighted by atomic mass is 10.1. The van der Waals surface area contributed by atoms with Gasteiger partial charge in [0.1, 0.15) is 16.8 Å². The summed E-state index contributed by atoms with van der Waals surface area (Å²) in [6, 6.07) is 0. The zero-order chi connectivity index (χ0) is 13.2. The molecule has 0 radical (unpaired) electrons. The van der Waals surface area contributed by atoms with Crippen molar-refractivity contribution in [2.24, 2.45) is 0 Å². The van der Waals surface area contributed by atoms with Gasteiger partial charge in [-0.15, -0.1) is 0 Å². The van der Waals surface area contributed by atoms with Crippen LogP contribution in [0.2, 0.25) is 5.15 Å². The first-order valence-electron chi connectivity index (χ1n) is 5.70. The Bertz CT molecular complexity index is 405. The van der Waals surface area contributed by atoms with Gasteiger partial charge in [0.15, 0.2) is 0 Å². The molecule has 96 valence electrons. The quantitative estimate of drug-likeness (QED) is 0.815. The fourth-order valence-corrected chi connectivity index (χ4v) is 1.42. The largest absolute Gasteiger partial charge is 0.394 e. The number of hydrogen-bond acceptors (Lipinski definition) is 4. The molecule has 0 spiro atoms. The van der Waals surface area contributed by atoms with Crippen LogP contribution in [0.4, 0.5) is 5.82 Å². The van der Waals surface area contributed by atoms with Crippen LogP contribution in [-0.2, 0) is 0 Å². The lowest BCUT2D eigenvalue weighted by molar-refractivity contribution is 0.233. The molecule has 0 bridgehead atoms. The molecular formula is C12H20ClN3O. The van der Waals surface area contributed by atoms with E-state index in [1.165, 1.54) is 0 Å². The minimum Gasteiger partial charge on any atom is -0.394 e. The van der Waals surface area contributed by atoms with E-state index >= 15 is 0 Å². The number of rotatable bonds is 4. The van der Waals surface area contributed by atoms with Gasteiger partial charge in [0.25, 0.3) is 0 Å². The Balaban J connectivity index is 3.14. The van der Waals surface area contributed by atoms with Gasteiger partial charge in [-0.05, 0) is 20.8 Å². The van der Waals surface area contributed by atoms with Crippen molar-refractivity contribution in [3.05, 3.63) is 16.5 Å². The maximum absolute atomic E-state index is 9.26. The van der Waals surface area contributed by atoms with Gasteiger partial charge in [-0.1, -0.05) is 25.4 Å². The van der Waals surface area contributed by atoms with E-state index in [9.17, 15) is 5.11 Å². The molecule has 0 amide bonds. The minimum absolute atomic E-state index is 0.0189. The Morgan fingerprint density at radius 3 is 2.41 bits per heavy atom. The molecule has 5 heteroatoms. The van der Waals surface area contributed by atoms with Crippen LogP contribution in [0.5, 0.6) is 0 Å². The van der Waals surface area contributed by atoms with Crippen molar-refractivity contribution < 1.29 is 5.11 Å². The topological polar surface area (TPSA) is 58.0 Å². The van der Waals surface area contributed by atoms with Crippen molar-refractivity contribution in [2.45, 2.75) is 46.1 Å². The molecule has 4 nitrogen and oxygen atoms in total. The van der Waals surface area contributed by atoms with E-state index in [2.05, 4.69) is 15.3 Å². The lowest BCUT2D eigenvalue weighted by Gasteiger charge is -2.25. The van der Waals surface area contributed by atoms with Crippen LogP contribution in [0.3, 0.4) is 0 Å². The number of nitrogens with one attached hydrogen (secondary N) is 1. The summed E-state index contributed by atoms with van der Waals surface area (Å²) >= 11 is 6.08. The molecular weight excluding hydrogens is 238 g/mol. The van der Waals surface area contributed by atoms with Gasteiger partial charge >= 0.3 is 0 Å². The van der Waals surface area contributed by atoms with Gasteiger partial charge < -0.3 is 10.4 Å². The Labute approximate surface area is 107 Å². The SMILES string of the molecule is Cc1c(Cl)nc(C(C)C)nc1NC(C)(C)CO. The van der Waals surface area contributed by atoms with Crippen LogP contribution < -0.4 is 5.32 Å². The summed E-state index contributed by atoms with van der Waals surface area (Å²) in [7, 11) is 0.